The van der Waals surface area contributed by atoms with E-state index < -0.39 is 16.1 Å². The number of nitrogen functional groups attached to an aromatic ring is 1. The molecular formula is C13H16BrN3O3S. The fraction of sp³-hybridized carbons (Fsp3) is 0.308. The predicted molar refractivity (Wildman–Crippen MR) is 83.3 cm³/mol. The van der Waals surface area contributed by atoms with Crippen LogP contribution < -0.4 is 10.5 Å². The molecule has 0 aliphatic carbocycles. The molecule has 0 fully saturated rings. The topological polar surface area (TPSA) is 98.2 Å². The summed E-state index contributed by atoms with van der Waals surface area (Å²) in [5, 5.41) is 0. The standard InChI is InChI=1S/C13H16BrN3O3S/c1-7-4-10(14)11(15)5-12(7)21(18,19)17-9(3)13-16-6-8(2)20-13/h4-6,9,17H,15H2,1-3H3. The molecule has 2 rings (SSSR count). The van der Waals surface area contributed by atoms with Crippen LogP contribution in [0.3, 0.4) is 0 Å². The third-order valence-electron chi connectivity index (χ3n) is 2.93. The van der Waals surface area contributed by atoms with Crippen LogP contribution in [0.15, 0.2) is 32.1 Å². The zero-order valence-corrected chi connectivity index (χ0v) is 14.2. The smallest absolute Gasteiger partial charge is 0.241 e. The lowest BCUT2D eigenvalue weighted by Crippen LogP contribution is -2.27. The number of sulfonamides is 1. The van der Waals surface area contributed by atoms with Gasteiger partial charge in [0.15, 0.2) is 0 Å². The molecule has 3 N–H and O–H groups in total. The van der Waals surface area contributed by atoms with E-state index in [2.05, 4.69) is 25.6 Å². The summed E-state index contributed by atoms with van der Waals surface area (Å²) in [5.74, 6) is 0.943. The van der Waals surface area contributed by atoms with Crippen molar-refractivity contribution < 1.29 is 12.8 Å². The van der Waals surface area contributed by atoms with Gasteiger partial charge in [0.05, 0.1) is 17.1 Å². The van der Waals surface area contributed by atoms with Gasteiger partial charge in [0.2, 0.25) is 15.9 Å². The van der Waals surface area contributed by atoms with Gasteiger partial charge in [0.25, 0.3) is 0 Å². The van der Waals surface area contributed by atoms with E-state index in [1.54, 1.807) is 33.0 Å². The highest BCUT2D eigenvalue weighted by Gasteiger charge is 2.23. The van der Waals surface area contributed by atoms with E-state index in [1.165, 1.54) is 6.07 Å². The third kappa shape index (κ3) is 3.45. The highest BCUT2D eigenvalue weighted by molar-refractivity contribution is 9.10. The Morgan fingerprint density at radius 1 is 1.38 bits per heavy atom. The maximum absolute atomic E-state index is 12.5. The van der Waals surface area contributed by atoms with Crippen LogP contribution in [-0.2, 0) is 10.0 Å². The molecule has 1 atom stereocenters. The van der Waals surface area contributed by atoms with Crippen molar-refractivity contribution in [1.29, 1.82) is 0 Å². The molecule has 0 saturated heterocycles. The third-order valence-corrected chi connectivity index (χ3v) is 5.29. The lowest BCUT2D eigenvalue weighted by atomic mass is 10.2. The minimum absolute atomic E-state index is 0.137. The summed E-state index contributed by atoms with van der Waals surface area (Å²) in [4.78, 5) is 4.16. The van der Waals surface area contributed by atoms with Gasteiger partial charge in [0, 0.05) is 10.2 Å². The Kier molecular flexibility index (Phi) is 4.40. The number of nitrogens with zero attached hydrogens (tertiary/aromatic N) is 1. The van der Waals surface area contributed by atoms with Gasteiger partial charge >= 0.3 is 0 Å². The summed E-state index contributed by atoms with van der Waals surface area (Å²) < 4.78 is 33.4. The zero-order valence-electron chi connectivity index (χ0n) is 11.8. The van der Waals surface area contributed by atoms with E-state index >= 15 is 0 Å². The summed E-state index contributed by atoms with van der Waals surface area (Å²) in [6, 6.07) is 2.52. The SMILES string of the molecule is Cc1cnc(C(C)NS(=O)(=O)c2cc(N)c(Br)cc2C)o1. The Balaban J connectivity index is 2.32. The maximum Gasteiger partial charge on any atom is 0.241 e. The van der Waals surface area contributed by atoms with E-state index in [9.17, 15) is 8.42 Å². The molecule has 0 saturated carbocycles. The number of benzene rings is 1. The molecule has 2 aromatic rings. The molecule has 1 heterocycles. The number of oxazole rings is 1. The Bertz CT molecular complexity index is 771. The van der Waals surface area contributed by atoms with Crippen molar-refractivity contribution >= 4 is 31.6 Å². The first-order valence-electron chi connectivity index (χ1n) is 6.21. The summed E-state index contributed by atoms with van der Waals surface area (Å²) >= 11 is 3.27. The van der Waals surface area contributed by atoms with Crippen molar-refractivity contribution in [2.24, 2.45) is 0 Å². The molecule has 8 heteroatoms. The van der Waals surface area contributed by atoms with Crippen molar-refractivity contribution in [1.82, 2.24) is 9.71 Å². The van der Waals surface area contributed by atoms with E-state index in [1.807, 2.05) is 0 Å². The number of hydrogen-bond acceptors (Lipinski definition) is 5. The summed E-state index contributed by atoms with van der Waals surface area (Å²) in [5.41, 5.74) is 6.72. The van der Waals surface area contributed by atoms with Gasteiger partial charge in [-0.15, -0.1) is 0 Å². The Morgan fingerprint density at radius 3 is 2.62 bits per heavy atom. The van der Waals surface area contributed by atoms with Gasteiger partial charge in [0.1, 0.15) is 5.76 Å². The zero-order chi connectivity index (χ0) is 15.8. The second-order valence-corrected chi connectivity index (χ2v) is 7.33. The summed E-state index contributed by atoms with van der Waals surface area (Å²) in [6.07, 6.45) is 1.54. The summed E-state index contributed by atoms with van der Waals surface area (Å²) in [6.45, 7) is 5.12. The Hall–Kier alpha value is -1.38. The monoisotopic (exact) mass is 373 g/mol. The number of halogens is 1. The number of nitrogens with one attached hydrogen (secondary N) is 1. The number of hydrogen-bond donors (Lipinski definition) is 2. The molecule has 1 unspecified atom stereocenters. The molecule has 0 bridgehead atoms. The van der Waals surface area contributed by atoms with Crippen LogP contribution in [0.25, 0.3) is 0 Å². The Morgan fingerprint density at radius 2 is 2.05 bits per heavy atom. The van der Waals surface area contributed by atoms with Crippen LogP contribution in [0.4, 0.5) is 5.69 Å². The van der Waals surface area contributed by atoms with E-state index in [0.717, 1.165) is 0 Å². The lowest BCUT2D eigenvalue weighted by molar-refractivity contribution is 0.427. The first kappa shape index (κ1) is 16.0. The number of rotatable bonds is 4. The van der Waals surface area contributed by atoms with Gasteiger partial charge in [-0.1, -0.05) is 0 Å². The number of nitrogens with two attached hydrogens (primary N) is 1. The van der Waals surface area contributed by atoms with Gasteiger partial charge in [-0.05, 0) is 54.4 Å². The molecular weight excluding hydrogens is 358 g/mol. The highest BCUT2D eigenvalue weighted by Crippen LogP contribution is 2.27. The van der Waals surface area contributed by atoms with Gasteiger partial charge in [-0.3, -0.25) is 0 Å². The first-order valence-corrected chi connectivity index (χ1v) is 8.48. The molecule has 114 valence electrons. The van der Waals surface area contributed by atoms with Crippen LogP contribution in [0.5, 0.6) is 0 Å². The fourth-order valence-electron chi connectivity index (χ4n) is 1.88. The second-order valence-electron chi connectivity index (χ2n) is 4.79. The average molecular weight is 374 g/mol. The van der Waals surface area contributed by atoms with Gasteiger partial charge < -0.3 is 10.2 Å². The van der Waals surface area contributed by atoms with E-state index in [0.29, 0.717) is 27.4 Å². The molecule has 0 aliphatic rings. The van der Waals surface area contributed by atoms with Crippen LogP contribution in [-0.4, -0.2) is 13.4 Å². The largest absolute Gasteiger partial charge is 0.444 e. The normalized spacial score (nSPS) is 13.3. The van der Waals surface area contributed by atoms with E-state index in [4.69, 9.17) is 10.2 Å². The molecule has 0 spiro atoms. The Labute approximate surface area is 131 Å². The lowest BCUT2D eigenvalue weighted by Gasteiger charge is -2.14. The molecule has 0 radical (unpaired) electrons. The minimum Gasteiger partial charge on any atom is -0.444 e. The predicted octanol–water partition coefficient (Wildman–Crippen LogP) is 2.68. The van der Waals surface area contributed by atoms with Crippen molar-refractivity contribution in [3.8, 4) is 0 Å². The number of anilines is 1. The van der Waals surface area contributed by atoms with Crippen molar-refractivity contribution in [3.05, 3.63) is 40.0 Å². The molecule has 0 amide bonds. The average Bonchev–Trinajstić information content (AvgIpc) is 2.80. The van der Waals surface area contributed by atoms with Crippen LogP contribution in [0.1, 0.15) is 30.2 Å². The van der Waals surface area contributed by atoms with Crippen LogP contribution >= 0.6 is 15.9 Å². The molecule has 21 heavy (non-hydrogen) atoms. The first-order chi connectivity index (χ1) is 9.70. The summed E-state index contributed by atoms with van der Waals surface area (Å²) in [7, 11) is -3.72. The van der Waals surface area contributed by atoms with E-state index in [-0.39, 0.29) is 4.90 Å². The van der Waals surface area contributed by atoms with Gasteiger partial charge in [-0.25, -0.2) is 13.4 Å². The second kappa shape index (κ2) is 5.78. The molecule has 0 aliphatic heterocycles. The highest BCUT2D eigenvalue weighted by atomic mass is 79.9. The molecule has 1 aromatic heterocycles. The number of aromatic nitrogens is 1. The van der Waals surface area contributed by atoms with Gasteiger partial charge in [-0.2, -0.15) is 4.72 Å². The van der Waals surface area contributed by atoms with Crippen molar-refractivity contribution in [2.45, 2.75) is 31.7 Å². The minimum atomic E-state index is -3.72. The molecule has 6 nitrogen and oxygen atoms in total. The van der Waals surface area contributed by atoms with Crippen molar-refractivity contribution in [2.75, 3.05) is 5.73 Å². The van der Waals surface area contributed by atoms with Crippen LogP contribution in [0.2, 0.25) is 0 Å². The van der Waals surface area contributed by atoms with Crippen molar-refractivity contribution in [3.63, 3.8) is 0 Å². The quantitative estimate of drug-likeness (QED) is 0.802. The molecule has 1 aromatic carbocycles. The fourth-order valence-corrected chi connectivity index (χ4v) is 3.79. The van der Waals surface area contributed by atoms with Crippen LogP contribution in [0, 0.1) is 13.8 Å². The maximum atomic E-state index is 12.5. The number of aryl methyl sites for hydroxylation is 2.